The van der Waals surface area contributed by atoms with Crippen molar-refractivity contribution in [2.75, 3.05) is 17.7 Å². The van der Waals surface area contributed by atoms with E-state index in [2.05, 4.69) is 17.2 Å². The SMILES string of the molecule is CCOc1ccc2nc(NC(=O)c3ccccc3SCC)sc2c1. The van der Waals surface area contributed by atoms with E-state index in [1.54, 1.807) is 11.8 Å². The second-order valence-corrected chi connectivity index (χ2v) is 7.30. The van der Waals surface area contributed by atoms with E-state index in [9.17, 15) is 4.79 Å². The number of rotatable bonds is 6. The number of hydrogen-bond donors (Lipinski definition) is 1. The molecular formula is C18H18N2O2S2. The molecule has 0 aliphatic carbocycles. The summed E-state index contributed by atoms with van der Waals surface area (Å²) in [6.45, 7) is 4.65. The molecule has 4 nitrogen and oxygen atoms in total. The first-order valence-electron chi connectivity index (χ1n) is 7.77. The molecule has 3 aromatic rings. The van der Waals surface area contributed by atoms with Crippen molar-refractivity contribution in [3.63, 3.8) is 0 Å². The molecule has 0 saturated carbocycles. The number of carbonyl (C=O) groups is 1. The summed E-state index contributed by atoms with van der Waals surface area (Å²) in [5, 5.41) is 3.51. The third kappa shape index (κ3) is 3.71. The predicted octanol–water partition coefficient (Wildman–Crippen LogP) is 5.06. The quantitative estimate of drug-likeness (QED) is 0.626. The maximum atomic E-state index is 12.6. The Morgan fingerprint density at radius 3 is 2.88 bits per heavy atom. The van der Waals surface area contributed by atoms with Crippen LogP contribution in [-0.4, -0.2) is 23.3 Å². The number of carbonyl (C=O) groups excluding carboxylic acids is 1. The van der Waals surface area contributed by atoms with Crippen molar-refractivity contribution in [1.82, 2.24) is 4.98 Å². The van der Waals surface area contributed by atoms with Crippen LogP contribution in [0.5, 0.6) is 5.75 Å². The zero-order valence-electron chi connectivity index (χ0n) is 13.5. The average molecular weight is 358 g/mol. The number of fused-ring (bicyclic) bond motifs is 1. The molecule has 0 unspecified atom stereocenters. The molecular weight excluding hydrogens is 340 g/mol. The molecule has 1 amide bonds. The zero-order chi connectivity index (χ0) is 16.9. The fraction of sp³-hybridized carbons (Fsp3) is 0.222. The molecule has 0 radical (unpaired) electrons. The Morgan fingerprint density at radius 1 is 1.25 bits per heavy atom. The number of thioether (sulfide) groups is 1. The van der Waals surface area contributed by atoms with Gasteiger partial charge in [0, 0.05) is 4.90 Å². The van der Waals surface area contributed by atoms with Gasteiger partial charge in [0.25, 0.3) is 5.91 Å². The van der Waals surface area contributed by atoms with Gasteiger partial charge in [0.05, 0.1) is 22.4 Å². The monoisotopic (exact) mass is 358 g/mol. The molecule has 24 heavy (non-hydrogen) atoms. The van der Waals surface area contributed by atoms with Gasteiger partial charge in [0.1, 0.15) is 5.75 Å². The maximum Gasteiger partial charge on any atom is 0.258 e. The van der Waals surface area contributed by atoms with Crippen molar-refractivity contribution in [3.8, 4) is 5.75 Å². The first-order chi connectivity index (χ1) is 11.7. The minimum Gasteiger partial charge on any atom is -0.494 e. The molecule has 0 saturated heterocycles. The highest BCUT2D eigenvalue weighted by molar-refractivity contribution is 7.99. The molecule has 0 spiro atoms. The van der Waals surface area contributed by atoms with Gasteiger partial charge in [-0.05, 0) is 43.0 Å². The Labute approximate surface area is 149 Å². The van der Waals surface area contributed by atoms with Crippen LogP contribution in [0.1, 0.15) is 24.2 Å². The van der Waals surface area contributed by atoms with Crippen molar-refractivity contribution >= 4 is 44.4 Å². The van der Waals surface area contributed by atoms with E-state index in [4.69, 9.17) is 4.74 Å². The minimum atomic E-state index is -0.129. The van der Waals surface area contributed by atoms with Crippen LogP contribution in [0.15, 0.2) is 47.4 Å². The van der Waals surface area contributed by atoms with Gasteiger partial charge in [-0.15, -0.1) is 11.8 Å². The normalized spacial score (nSPS) is 10.8. The van der Waals surface area contributed by atoms with Crippen molar-refractivity contribution in [1.29, 1.82) is 0 Å². The predicted molar refractivity (Wildman–Crippen MR) is 102 cm³/mol. The third-order valence-electron chi connectivity index (χ3n) is 3.32. The number of nitrogens with zero attached hydrogens (tertiary/aromatic N) is 1. The Balaban J connectivity index is 1.83. The van der Waals surface area contributed by atoms with Crippen molar-refractivity contribution in [2.45, 2.75) is 18.7 Å². The van der Waals surface area contributed by atoms with E-state index >= 15 is 0 Å². The second-order valence-electron chi connectivity index (χ2n) is 4.96. The Kier molecular flexibility index (Phi) is 5.37. The van der Waals surface area contributed by atoms with E-state index in [1.165, 1.54) is 11.3 Å². The molecule has 6 heteroatoms. The number of hydrogen-bond acceptors (Lipinski definition) is 5. The fourth-order valence-electron chi connectivity index (χ4n) is 2.31. The third-order valence-corrected chi connectivity index (χ3v) is 5.21. The van der Waals surface area contributed by atoms with E-state index in [-0.39, 0.29) is 5.91 Å². The second kappa shape index (κ2) is 7.68. The summed E-state index contributed by atoms with van der Waals surface area (Å²) in [7, 11) is 0. The number of aromatic nitrogens is 1. The molecule has 1 heterocycles. The fourth-order valence-corrected chi connectivity index (χ4v) is 4.01. The van der Waals surface area contributed by atoms with Gasteiger partial charge in [-0.1, -0.05) is 30.4 Å². The van der Waals surface area contributed by atoms with Gasteiger partial charge in [-0.3, -0.25) is 10.1 Å². The summed E-state index contributed by atoms with van der Waals surface area (Å²) in [6.07, 6.45) is 0. The van der Waals surface area contributed by atoms with Crippen LogP contribution in [-0.2, 0) is 0 Å². The standard InChI is InChI=1S/C18H18N2O2S2/c1-3-22-12-9-10-14-16(11-12)24-18(19-14)20-17(21)13-7-5-6-8-15(13)23-4-2/h5-11H,3-4H2,1-2H3,(H,19,20,21). The first kappa shape index (κ1) is 16.8. The van der Waals surface area contributed by atoms with Gasteiger partial charge in [-0.2, -0.15) is 0 Å². The van der Waals surface area contributed by atoms with Gasteiger partial charge in [0.15, 0.2) is 5.13 Å². The van der Waals surface area contributed by atoms with Gasteiger partial charge in [0.2, 0.25) is 0 Å². The largest absolute Gasteiger partial charge is 0.494 e. The molecule has 124 valence electrons. The smallest absolute Gasteiger partial charge is 0.258 e. The minimum absolute atomic E-state index is 0.129. The Bertz CT molecular complexity index is 861. The molecule has 0 bridgehead atoms. The summed E-state index contributed by atoms with van der Waals surface area (Å²) in [4.78, 5) is 18.0. The lowest BCUT2D eigenvalue weighted by Gasteiger charge is -2.07. The van der Waals surface area contributed by atoms with Crippen molar-refractivity contribution in [3.05, 3.63) is 48.0 Å². The van der Waals surface area contributed by atoms with Gasteiger partial charge < -0.3 is 4.74 Å². The summed E-state index contributed by atoms with van der Waals surface area (Å²) in [5.74, 6) is 1.61. The van der Waals surface area contributed by atoms with E-state index < -0.39 is 0 Å². The van der Waals surface area contributed by atoms with E-state index in [0.29, 0.717) is 17.3 Å². The number of anilines is 1. The van der Waals surface area contributed by atoms with E-state index in [0.717, 1.165) is 26.6 Å². The van der Waals surface area contributed by atoms with Crippen LogP contribution >= 0.6 is 23.1 Å². The van der Waals surface area contributed by atoms with Crippen molar-refractivity contribution in [2.24, 2.45) is 0 Å². The lowest BCUT2D eigenvalue weighted by Crippen LogP contribution is -2.12. The number of amides is 1. The van der Waals surface area contributed by atoms with Crippen LogP contribution in [0.4, 0.5) is 5.13 Å². The van der Waals surface area contributed by atoms with E-state index in [1.807, 2.05) is 49.4 Å². The Hall–Kier alpha value is -2.05. The van der Waals surface area contributed by atoms with Crippen LogP contribution in [0, 0.1) is 0 Å². The number of thiazole rings is 1. The molecule has 0 aliphatic rings. The molecule has 0 aliphatic heterocycles. The van der Waals surface area contributed by atoms with Crippen molar-refractivity contribution < 1.29 is 9.53 Å². The number of nitrogens with one attached hydrogen (secondary N) is 1. The zero-order valence-corrected chi connectivity index (χ0v) is 15.2. The molecule has 3 rings (SSSR count). The topological polar surface area (TPSA) is 51.2 Å². The molecule has 0 atom stereocenters. The van der Waals surface area contributed by atoms with Gasteiger partial charge >= 0.3 is 0 Å². The molecule has 0 fully saturated rings. The highest BCUT2D eigenvalue weighted by Gasteiger charge is 2.13. The molecule has 1 aromatic heterocycles. The molecule has 1 N–H and O–H groups in total. The molecule has 2 aromatic carbocycles. The highest BCUT2D eigenvalue weighted by atomic mass is 32.2. The lowest BCUT2D eigenvalue weighted by molar-refractivity contribution is 0.102. The van der Waals surface area contributed by atoms with Crippen LogP contribution < -0.4 is 10.1 Å². The van der Waals surface area contributed by atoms with Crippen LogP contribution in [0.2, 0.25) is 0 Å². The highest BCUT2D eigenvalue weighted by Crippen LogP contribution is 2.30. The Morgan fingerprint density at radius 2 is 2.08 bits per heavy atom. The van der Waals surface area contributed by atoms with Crippen LogP contribution in [0.3, 0.4) is 0 Å². The summed E-state index contributed by atoms with van der Waals surface area (Å²) < 4.78 is 6.50. The maximum absolute atomic E-state index is 12.6. The first-order valence-corrected chi connectivity index (χ1v) is 9.58. The van der Waals surface area contributed by atoms with Crippen LogP contribution in [0.25, 0.3) is 10.2 Å². The number of benzene rings is 2. The summed E-state index contributed by atoms with van der Waals surface area (Å²) >= 11 is 3.11. The number of ether oxygens (including phenoxy) is 1. The summed E-state index contributed by atoms with van der Waals surface area (Å²) in [5.41, 5.74) is 1.54. The van der Waals surface area contributed by atoms with Gasteiger partial charge in [-0.25, -0.2) is 4.98 Å². The summed E-state index contributed by atoms with van der Waals surface area (Å²) in [6, 6.07) is 13.4. The average Bonchev–Trinajstić information content (AvgIpc) is 2.97. The lowest BCUT2D eigenvalue weighted by atomic mass is 10.2.